The van der Waals surface area contributed by atoms with Crippen LogP contribution in [0.4, 0.5) is 27.8 Å². The van der Waals surface area contributed by atoms with Crippen LogP contribution < -0.4 is 5.32 Å². The summed E-state index contributed by atoms with van der Waals surface area (Å²) in [6, 6.07) is 4.97. The van der Waals surface area contributed by atoms with E-state index in [0.717, 1.165) is 0 Å². The molecule has 0 aliphatic carbocycles. The Morgan fingerprint density at radius 2 is 1.80 bits per heavy atom. The molecule has 1 amide bonds. The number of rotatable bonds is 5. The lowest BCUT2D eigenvalue weighted by atomic mass is 10.0. The van der Waals surface area contributed by atoms with Gasteiger partial charge in [0.25, 0.3) is 5.91 Å². The third kappa shape index (κ3) is 5.21. The van der Waals surface area contributed by atoms with E-state index in [-0.39, 0.29) is 11.5 Å². The molecule has 9 heteroatoms. The summed E-state index contributed by atoms with van der Waals surface area (Å²) in [6.07, 6.45) is -0.121. The van der Waals surface area contributed by atoms with Gasteiger partial charge in [-0.05, 0) is 37.5 Å². The lowest BCUT2D eigenvalue weighted by Gasteiger charge is -2.28. The van der Waals surface area contributed by atoms with Crippen molar-refractivity contribution in [3.8, 4) is 0 Å². The van der Waals surface area contributed by atoms with E-state index in [0.29, 0.717) is 50.2 Å². The smallest absolute Gasteiger partial charge is 0.262 e. The lowest BCUT2D eigenvalue weighted by molar-refractivity contribution is 0.101. The molecule has 160 valence electrons. The van der Waals surface area contributed by atoms with E-state index in [2.05, 4.69) is 10.3 Å². The topological polar surface area (TPSA) is 45.2 Å². The van der Waals surface area contributed by atoms with Gasteiger partial charge in [-0.15, -0.1) is 0 Å². The first-order chi connectivity index (χ1) is 14.2. The monoisotopic (exact) mass is 425 g/mol. The minimum absolute atomic E-state index is 0.0323. The predicted octanol–water partition coefficient (Wildman–Crippen LogP) is 4.89. The zero-order valence-corrected chi connectivity index (χ0v) is 16.2. The molecule has 4 nitrogen and oxygen atoms in total. The Bertz CT molecular complexity index is 944. The highest BCUT2D eigenvalue weighted by Crippen LogP contribution is 2.28. The molecular formula is C21H20F5N3O. The molecule has 1 aliphatic rings. The van der Waals surface area contributed by atoms with E-state index >= 15 is 0 Å². The number of likely N-dealkylation sites (tertiary alicyclic amines) is 1. The highest BCUT2D eigenvalue weighted by atomic mass is 19.2. The maximum Gasteiger partial charge on any atom is 0.262 e. The van der Waals surface area contributed by atoms with Crippen LogP contribution in [0.2, 0.25) is 0 Å². The van der Waals surface area contributed by atoms with Crippen LogP contribution in [0.15, 0.2) is 35.9 Å². The molecule has 1 aliphatic heterocycles. The molecule has 1 fully saturated rings. The normalized spacial score (nSPS) is 15.7. The van der Waals surface area contributed by atoms with Crippen LogP contribution in [-0.4, -0.2) is 41.6 Å². The van der Waals surface area contributed by atoms with Gasteiger partial charge in [0.15, 0.2) is 0 Å². The molecule has 30 heavy (non-hydrogen) atoms. The van der Waals surface area contributed by atoms with E-state index in [1.807, 2.05) is 4.90 Å². The van der Waals surface area contributed by atoms with E-state index in [1.165, 1.54) is 25.1 Å². The number of nitrogens with one attached hydrogen (secondary N) is 1. The first-order valence-corrected chi connectivity index (χ1v) is 9.42. The van der Waals surface area contributed by atoms with Crippen molar-refractivity contribution in [3.05, 3.63) is 64.6 Å². The number of aromatic nitrogens is 1. The molecule has 1 unspecified atom stereocenters. The summed E-state index contributed by atoms with van der Waals surface area (Å²) in [4.78, 5) is 18.1. The number of halogens is 5. The summed E-state index contributed by atoms with van der Waals surface area (Å²) in [7, 11) is 0. The second-order valence-corrected chi connectivity index (χ2v) is 7.11. The Hall–Kier alpha value is -2.81. The van der Waals surface area contributed by atoms with Crippen LogP contribution in [0.5, 0.6) is 0 Å². The van der Waals surface area contributed by atoms with Gasteiger partial charge < -0.3 is 5.32 Å². The molecule has 3 rings (SSSR count). The fourth-order valence-corrected chi connectivity index (χ4v) is 3.33. The van der Waals surface area contributed by atoms with E-state index in [4.69, 9.17) is 0 Å². The largest absolute Gasteiger partial charge is 0.306 e. The van der Waals surface area contributed by atoms with Crippen molar-refractivity contribution in [1.82, 2.24) is 9.88 Å². The van der Waals surface area contributed by atoms with Gasteiger partial charge in [-0.1, -0.05) is 6.07 Å². The number of benzene rings is 1. The van der Waals surface area contributed by atoms with Gasteiger partial charge in [0.2, 0.25) is 0 Å². The second-order valence-electron chi connectivity index (χ2n) is 7.11. The van der Waals surface area contributed by atoms with Crippen molar-refractivity contribution >= 4 is 17.6 Å². The van der Waals surface area contributed by atoms with Crippen LogP contribution in [0.3, 0.4) is 0 Å². The lowest BCUT2D eigenvalue weighted by Crippen LogP contribution is -2.35. The SMILES string of the molecule is CC(F)CN1CCC(=C(F)c2cccc(NC(=O)c3c(F)cc(F)cc3F)n2)CC1. The van der Waals surface area contributed by atoms with Crippen molar-refractivity contribution < 1.29 is 26.7 Å². The van der Waals surface area contributed by atoms with Crippen molar-refractivity contribution in [1.29, 1.82) is 0 Å². The Kier molecular flexibility index (Phi) is 6.81. The Morgan fingerprint density at radius 1 is 1.17 bits per heavy atom. The van der Waals surface area contributed by atoms with Crippen molar-refractivity contribution in [2.45, 2.75) is 25.9 Å². The molecule has 1 aromatic carbocycles. The summed E-state index contributed by atoms with van der Waals surface area (Å²) in [5.74, 6) is -5.69. The number of alkyl halides is 1. The molecule has 1 saturated heterocycles. The first kappa shape index (κ1) is 21.9. The summed E-state index contributed by atoms with van der Waals surface area (Å²) < 4.78 is 68.5. The van der Waals surface area contributed by atoms with Crippen LogP contribution in [-0.2, 0) is 0 Å². The molecule has 2 aromatic rings. The van der Waals surface area contributed by atoms with Gasteiger partial charge >= 0.3 is 0 Å². The highest BCUT2D eigenvalue weighted by Gasteiger charge is 2.22. The molecular weight excluding hydrogens is 405 g/mol. The van der Waals surface area contributed by atoms with Gasteiger partial charge in [0.05, 0.1) is 0 Å². The number of pyridine rings is 1. The highest BCUT2D eigenvalue weighted by molar-refractivity contribution is 6.04. The number of piperidine rings is 1. The minimum atomic E-state index is -1.36. The van der Waals surface area contributed by atoms with Crippen LogP contribution in [0, 0.1) is 17.5 Å². The molecule has 0 bridgehead atoms. The zero-order chi connectivity index (χ0) is 21.8. The number of carbonyl (C=O) groups is 1. The molecule has 0 spiro atoms. The van der Waals surface area contributed by atoms with Gasteiger partial charge in [-0.2, -0.15) is 0 Å². The van der Waals surface area contributed by atoms with Crippen LogP contribution in [0.1, 0.15) is 35.8 Å². The average Bonchev–Trinajstić information content (AvgIpc) is 2.67. The molecule has 0 radical (unpaired) electrons. The number of anilines is 1. The Balaban J connectivity index is 1.74. The van der Waals surface area contributed by atoms with Crippen molar-refractivity contribution in [2.75, 3.05) is 25.0 Å². The standard InChI is InChI=1S/C21H20F5N3O/c1-12(22)11-29-7-5-13(6-8-29)20(26)17-3-2-4-18(27-17)28-21(30)19-15(24)9-14(23)10-16(19)25/h2-4,9-10,12H,5-8,11H2,1H3,(H,27,28,30). The van der Waals surface area contributed by atoms with Gasteiger partial charge in [0, 0.05) is 31.8 Å². The Morgan fingerprint density at radius 3 is 2.40 bits per heavy atom. The van der Waals surface area contributed by atoms with Gasteiger partial charge in [0.1, 0.15) is 46.5 Å². The summed E-state index contributed by atoms with van der Waals surface area (Å²) in [5.41, 5.74) is -0.462. The number of nitrogens with zero attached hydrogens (tertiary/aromatic N) is 2. The van der Waals surface area contributed by atoms with E-state index < -0.39 is 40.9 Å². The quantitative estimate of drug-likeness (QED) is 0.695. The number of carbonyl (C=O) groups excluding carboxylic acids is 1. The van der Waals surface area contributed by atoms with Gasteiger partial charge in [-0.25, -0.2) is 26.9 Å². The third-order valence-electron chi connectivity index (χ3n) is 4.73. The molecule has 2 heterocycles. The predicted molar refractivity (Wildman–Crippen MR) is 103 cm³/mol. The fourth-order valence-electron chi connectivity index (χ4n) is 3.33. The number of hydrogen-bond acceptors (Lipinski definition) is 3. The van der Waals surface area contributed by atoms with Gasteiger partial charge in [-0.3, -0.25) is 9.69 Å². The average molecular weight is 425 g/mol. The molecule has 1 aromatic heterocycles. The maximum absolute atomic E-state index is 14.9. The fraction of sp³-hybridized carbons (Fsp3) is 0.333. The second kappa shape index (κ2) is 9.34. The number of amides is 1. The first-order valence-electron chi connectivity index (χ1n) is 9.42. The van der Waals surface area contributed by atoms with E-state index in [1.54, 1.807) is 0 Å². The Labute approximate surface area is 170 Å². The third-order valence-corrected chi connectivity index (χ3v) is 4.73. The molecule has 0 saturated carbocycles. The van der Waals surface area contributed by atoms with Crippen molar-refractivity contribution in [2.24, 2.45) is 0 Å². The molecule has 1 atom stereocenters. The summed E-state index contributed by atoms with van der Waals surface area (Å²) in [6.45, 7) is 2.82. The summed E-state index contributed by atoms with van der Waals surface area (Å²) >= 11 is 0. The number of hydrogen-bond donors (Lipinski definition) is 1. The summed E-state index contributed by atoms with van der Waals surface area (Å²) in [5, 5.41) is 2.19. The molecule has 1 N–H and O–H groups in total. The minimum Gasteiger partial charge on any atom is -0.306 e. The van der Waals surface area contributed by atoms with E-state index in [9.17, 15) is 26.7 Å². The van der Waals surface area contributed by atoms with Crippen LogP contribution in [0.25, 0.3) is 5.83 Å². The maximum atomic E-state index is 14.9. The van der Waals surface area contributed by atoms with Crippen molar-refractivity contribution in [3.63, 3.8) is 0 Å². The van der Waals surface area contributed by atoms with Crippen LogP contribution >= 0.6 is 0 Å². The zero-order valence-electron chi connectivity index (χ0n) is 16.2.